The van der Waals surface area contributed by atoms with Crippen LogP contribution in [0.1, 0.15) is 29.7 Å². The van der Waals surface area contributed by atoms with E-state index in [0.717, 1.165) is 16.8 Å². The van der Waals surface area contributed by atoms with Crippen LogP contribution in [0.4, 0.5) is 5.69 Å². The van der Waals surface area contributed by atoms with E-state index in [2.05, 4.69) is 0 Å². The molecular weight excluding hydrogens is 464 g/mol. The third-order valence-electron chi connectivity index (χ3n) is 5.95. The first-order valence-corrected chi connectivity index (χ1v) is 11.7. The van der Waals surface area contributed by atoms with Crippen LogP contribution in [0.25, 0.3) is 5.76 Å². The summed E-state index contributed by atoms with van der Waals surface area (Å²) in [4.78, 5) is 30.0. The molecule has 6 nitrogen and oxygen atoms in total. The molecule has 0 radical (unpaired) electrons. The largest absolute Gasteiger partial charge is 0.507 e. The number of nitrogens with zero attached hydrogens (tertiary/aromatic N) is 2. The van der Waals surface area contributed by atoms with Crippen LogP contribution in [-0.2, 0) is 16.1 Å². The van der Waals surface area contributed by atoms with E-state index < -0.39 is 17.7 Å². The second kappa shape index (κ2) is 10.2. The molecule has 180 valence electrons. The first-order valence-electron chi connectivity index (χ1n) is 11.3. The minimum Gasteiger partial charge on any atom is -0.507 e. The lowest BCUT2D eigenvalue weighted by atomic mass is 9.95. The lowest BCUT2D eigenvalue weighted by Gasteiger charge is -2.26. The first kappa shape index (κ1) is 24.4. The molecule has 0 aromatic heterocycles. The van der Waals surface area contributed by atoms with E-state index >= 15 is 0 Å². The number of carbonyl (C=O) groups excluding carboxylic acids is 2. The number of ketones is 1. The standard InChI is InChI=1S/C28H27ClN2O4/c1-4-35-23-7-5-6-18(16-23)17-31-25(19-10-14-22(15-11-19)30(2)3)24(27(33)28(31)34)26(32)20-8-12-21(29)13-9-20/h5-16,25,32H,4,17H2,1-3H3/b26-24-. The average Bonchev–Trinajstić information content (AvgIpc) is 3.09. The van der Waals surface area contributed by atoms with Gasteiger partial charge in [-0.25, -0.2) is 0 Å². The molecule has 1 N–H and O–H groups in total. The number of hydrogen-bond donors (Lipinski definition) is 1. The van der Waals surface area contributed by atoms with Gasteiger partial charge < -0.3 is 19.6 Å². The molecule has 0 spiro atoms. The maximum absolute atomic E-state index is 13.3. The van der Waals surface area contributed by atoms with Gasteiger partial charge in [-0.1, -0.05) is 35.9 Å². The third kappa shape index (κ3) is 5.03. The monoisotopic (exact) mass is 490 g/mol. The van der Waals surface area contributed by atoms with Crippen molar-refractivity contribution >= 4 is 34.7 Å². The maximum atomic E-state index is 13.3. The van der Waals surface area contributed by atoms with Crippen molar-refractivity contribution in [3.63, 3.8) is 0 Å². The molecule has 3 aromatic carbocycles. The Kier molecular flexibility index (Phi) is 7.12. The van der Waals surface area contributed by atoms with Gasteiger partial charge in [-0.15, -0.1) is 0 Å². The summed E-state index contributed by atoms with van der Waals surface area (Å²) >= 11 is 6.00. The average molecular weight is 491 g/mol. The molecule has 1 unspecified atom stereocenters. The van der Waals surface area contributed by atoms with Gasteiger partial charge in [0, 0.05) is 36.9 Å². The highest BCUT2D eigenvalue weighted by atomic mass is 35.5. The number of aliphatic hydroxyl groups excluding tert-OH is 1. The minimum absolute atomic E-state index is 0.0517. The first-order chi connectivity index (χ1) is 16.8. The summed E-state index contributed by atoms with van der Waals surface area (Å²) in [7, 11) is 3.87. The summed E-state index contributed by atoms with van der Waals surface area (Å²) in [5.74, 6) is -0.925. The lowest BCUT2D eigenvalue weighted by Crippen LogP contribution is -2.29. The highest BCUT2D eigenvalue weighted by Gasteiger charge is 2.46. The normalized spacial score (nSPS) is 17.0. The molecule has 4 rings (SSSR count). The molecule has 0 aliphatic carbocycles. The fourth-order valence-electron chi connectivity index (χ4n) is 4.20. The molecule has 1 amide bonds. The summed E-state index contributed by atoms with van der Waals surface area (Å²) in [6.45, 7) is 2.61. The van der Waals surface area contributed by atoms with Crippen molar-refractivity contribution in [2.45, 2.75) is 19.5 Å². The number of ether oxygens (including phenoxy) is 1. The second-order valence-corrected chi connectivity index (χ2v) is 8.94. The number of hydrogen-bond acceptors (Lipinski definition) is 5. The van der Waals surface area contributed by atoms with Gasteiger partial charge in [0.1, 0.15) is 11.5 Å². The number of anilines is 1. The van der Waals surface area contributed by atoms with Crippen molar-refractivity contribution in [1.29, 1.82) is 0 Å². The highest BCUT2D eigenvalue weighted by Crippen LogP contribution is 2.41. The van der Waals surface area contributed by atoms with Crippen molar-refractivity contribution < 1.29 is 19.4 Å². The van der Waals surface area contributed by atoms with Crippen LogP contribution >= 0.6 is 11.6 Å². The van der Waals surface area contributed by atoms with Gasteiger partial charge in [0.15, 0.2) is 0 Å². The Balaban J connectivity index is 1.82. The van der Waals surface area contributed by atoms with Gasteiger partial charge in [0.2, 0.25) is 0 Å². The zero-order valence-corrected chi connectivity index (χ0v) is 20.6. The molecule has 3 aromatic rings. The summed E-state index contributed by atoms with van der Waals surface area (Å²) in [5.41, 5.74) is 3.00. The number of aliphatic hydroxyl groups is 1. The Hall–Kier alpha value is -3.77. The molecule has 1 saturated heterocycles. The summed E-state index contributed by atoms with van der Waals surface area (Å²) in [6.07, 6.45) is 0. The van der Waals surface area contributed by atoms with Gasteiger partial charge >= 0.3 is 0 Å². The third-order valence-corrected chi connectivity index (χ3v) is 6.20. The van der Waals surface area contributed by atoms with Crippen LogP contribution in [-0.4, -0.2) is 42.4 Å². The predicted octanol–water partition coefficient (Wildman–Crippen LogP) is 5.43. The number of carbonyl (C=O) groups is 2. The van der Waals surface area contributed by atoms with E-state index in [1.54, 1.807) is 24.3 Å². The lowest BCUT2D eigenvalue weighted by molar-refractivity contribution is -0.140. The van der Waals surface area contributed by atoms with Crippen molar-refractivity contribution in [1.82, 2.24) is 4.90 Å². The van der Waals surface area contributed by atoms with E-state index in [-0.39, 0.29) is 17.9 Å². The summed E-state index contributed by atoms with van der Waals surface area (Å²) in [6, 6.07) is 20.8. The zero-order chi connectivity index (χ0) is 25.1. The van der Waals surface area contributed by atoms with Crippen molar-refractivity contribution in [2.75, 3.05) is 25.6 Å². The molecular formula is C28H27ClN2O4. The maximum Gasteiger partial charge on any atom is 0.295 e. The van der Waals surface area contributed by atoms with Crippen molar-refractivity contribution in [3.05, 3.63) is 100 Å². The zero-order valence-electron chi connectivity index (χ0n) is 19.9. The highest BCUT2D eigenvalue weighted by molar-refractivity contribution is 6.46. The molecule has 1 aliphatic heterocycles. The van der Waals surface area contributed by atoms with Crippen LogP contribution in [0.5, 0.6) is 5.75 Å². The second-order valence-electron chi connectivity index (χ2n) is 8.50. The fourth-order valence-corrected chi connectivity index (χ4v) is 4.33. The molecule has 35 heavy (non-hydrogen) atoms. The van der Waals surface area contributed by atoms with Crippen molar-refractivity contribution in [3.8, 4) is 5.75 Å². The van der Waals surface area contributed by atoms with Crippen LogP contribution in [0, 0.1) is 0 Å². The molecule has 0 saturated carbocycles. The van der Waals surface area contributed by atoms with Gasteiger partial charge in [-0.3, -0.25) is 9.59 Å². The Morgan fingerprint density at radius 3 is 2.34 bits per heavy atom. The molecule has 1 atom stereocenters. The van der Waals surface area contributed by atoms with Crippen LogP contribution in [0.2, 0.25) is 5.02 Å². The van der Waals surface area contributed by atoms with Crippen molar-refractivity contribution in [2.24, 2.45) is 0 Å². The summed E-state index contributed by atoms with van der Waals surface area (Å²) < 4.78 is 5.60. The Bertz CT molecular complexity index is 1270. The van der Waals surface area contributed by atoms with Crippen LogP contribution < -0.4 is 9.64 Å². The summed E-state index contributed by atoms with van der Waals surface area (Å²) in [5, 5.41) is 11.7. The molecule has 7 heteroatoms. The fraction of sp³-hybridized carbons (Fsp3) is 0.214. The number of Topliss-reactive ketones (excluding diaryl/α,β-unsaturated/α-hetero) is 1. The van der Waals surface area contributed by atoms with Crippen LogP contribution in [0.3, 0.4) is 0 Å². The Labute approximate surface area is 210 Å². The van der Waals surface area contributed by atoms with E-state index in [9.17, 15) is 14.7 Å². The predicted molar refractivity (Wildman–Crippen MR) is 138 cm³/mol. The van der Waals surface area contributed by atoms with Gasteiger partial charge in [-0.05, 0) is 66.6 Å². The number of amides is 1. The van der Waals surface area contributed by atoms with Crippen LogP contribution in [0.15, 0.2) is 78.4 Å². The minimum atomic E-state index is -0.752. The number of halogens is 1. The van der Waals surface area contributed by atoms with E-state index in [1.165, 1.54) is 4.90 Å². The Morgan fingerprint density at radius 1 is 1.03 bits per heavy atom. The molecule has 0 bridgehead atoms. The number of benzene rings is 3. The molecule has 1 heterocycles. The molecule has 1 fully saturated rings. The van der Waals surface area contributed by atoms with E-state index in [1.807, 2.05) is 74.4 Å². The smallest absolute Gasteiger partial charge is 0.295 e. The number of likely N-dealkylation sites (tertiary alicyclic amines) is 1. The van der Waals surface area contributed by atoms with Gasteiger partial charge in [-0.2, -0.15) is 0 Å². The topological polar surface area (TPSA) is 70.1 Å². The SMILES string of the molecule is CCOc1cccc(CN2C(=O)C(=O)/C(=C(\O)c3ccc(Cl)cc3)C2c2ccc(N(C)C)cc2)c1. The van der Waals surface area contributed by atoms with E-state index in [0.29, 0.717) is 22.9 Å². The Morgan fingerprint density at radius 2 is 1.71 bits per heavy atom. The quantitative estimate of drug-likeness (QED) is 0.272. The van der Waals surface area contributed by atoms with Gasteiger partial charge in [0.05, 0.1) is 18.2 Å². The van der Waals surface area contributed by atoms with Gasteiger partial charge in [0.25, 0.3) is 11.7 Å². The van der Waals surface area contributed by atoms with E-state index in [4.69, 9.17) is 16.3 Å². The number of rotatable bonds is 7. The molecule has 1 aliphatic rings.